The van der Waals surface area contributed by atoms with Crippen molar-refractivity contribution in [1.29, 1.82) is 0 Å². The molecule has 5 N–H and O–H groups in total. The van der Waals surface area contributed by atoms with Crippen LogP contribution in [-0.2, 0) is 30.3 Å². The molecule has 3 atom stereocenters. The van der Waals surface area contributed by atoms with Crippen molar-refractivity contribution in [3.8, 4) is 5.75 Å². The van der Waals surface area contributed by atoms with Crippen molar-refractivity contribution in [3.05, 3.63) is 29.8 Å². The summed E-state index contributed by atoms with van der Waals surface area (Å²) >= 11 is 0. The van der Waals surface area contributed by atoms with Crippen molar-refractivity contribution in [2.45, 2.75) is 44.3 Å². The number of ether oxygens (including phenoxy) is 1. The molecule has 1 heterocycles. The van der Waals surface area contributed by atoms with Crippen LogP contribution in [0.4, 0.5) is 0 Å². The van der Waals surface area contributed by atoms with E-state index in [4.69, 9.17) is 10.5 Å². The number of benzene rings is 1. The van der Waals surface area contributed by atoms with Gasteiger partial charge in [0.2, 0.25) is 17.7 Å². The van der Waals surface area contributed by atoms with Gasteiger partial charge in [-0.3, -0.25) is 14.4 Å². The number of aromatic hydroxyl groups is 1. The second kappa shape index (κ2) is 10.6. The smallest absolute Gasteiger partial charge is 0.328 e. The van der Waals surface area contributed by atoms with Crippen molar-refractivity contribution in [3.63, 3.8) is 0 Å². The van der Waals surface area contributed by atoms with Gasteiger partial charge in [-0.1, -0.05) is 12.1 Å². The third kappa shape index (κ3) is 6.18. The van der Waals surface area contributed by atoms with Gasteiger partial charge in [0.1, 0.15) is 17.8 Å². The summed E-state index contributed by atoms with van der Waals surface area (Å²) in [5.74, 6) is -1.86. The van der Waals surface area contributed by atoms with Crippen LogP contribution in [0.5, 0.6) is 5.75 Å². The highest BCUT2D eigenvalue weighted by molar-refractivity contribution is 5.93. The van der Waals surface area contributed by atoms with E-state index in [1.807, 2.05) is 0 Å². The molecule has 1 saturated heterocycles. The molecule has 164 valence electrons. The number of hydrogen-bond donors (Lipinski definition) is 4. The molecule has 1 aliphatic rings. The zero-order valence-corrected chi connectivity index (χ0v) is 17.1. The van der Waals surface area contributed by atoms with Crippen LogP contribution in [0.2, 0.25) is 0 Å². The number of likely N-dealkylation sites (tertiary alicyclic amines) is 1. The first-order valence-corrected chi connectivity index (χ1v) is 9.71. The number of phenols is 1. The lowest BCUT2D eigenvalue weighted by Crippen LogP contribution is -2.52. The highest BCUT2D eigenvalue weighted by Gasteiger charge is 2.35. The Morgan fingerprint density at radius 2 is 1.93 bits per heavy atom. The molecule has 3 amide bonds. The molecular weight excluding hydrogens is 392 g/mol. The van der Waals surface area contributed by atoms with E-state index in [0.29, 0.717) is 24.9 Å². The quantitative estimate of drug-likeness (QED) is 0.396. The number of methoxy groups -OCH3 is 1. The molecule has 1 aliphatic heterocycles. The molecular formula is C20H28N4O6. The Bertz CT molecular complexity index is 780. The van der Waals surface area contributed by atoms with E-state index in [9.17, 15) is 24.3 Å². The molecule has 10 heteroatoms. The van der Waals surface area contributed by atoms with Crippen LogP contribution in [-0.4, -0.2) is 72.0 Å². The van der Waals surface area contributed by atoms with E-state index in [2.05, 4.69) is 10.6 Å². The van der Waals surface area contributed by atoms with Gasteiger partial charge in [-0.05, 0) is 37.5 Å². The van der Waals surface area contributed by atoms with E-state index in [-0.39, 0.29) is 24.6 Å². The number of carbonyl (C=O) groups excluding carboxylic acids is 4. The first-order valence-electron chi connectivity index (χ1n) is 9.71. The van der Waals surface area contributed by atoms with Gasteiger partial charge < -0.3 is 31.1 Å². The average Bonchev–Trinajstić information content (AvgIpc) is 3.21. The zero-order chi connectivity index (χ0) is 22.3. The summed E-state index contributed by atoms with van der Waals surface area (Å²) in [4.78, 5) is 50.3. The summed E-state index contributed by atoms with van der Waals surface area (Å²) in [5, 5.41) is 14.4. The standard InChI is InChI=1S/C20H28N4O6/c1-12(21)19(28)24-9-3-4-16(24)18(27)22-11-17(26)23-15(20(29)30-2)10-13-5-7-14(25)8-6-13/h5-8,12,15-16,25H,3-4,9-11,21H2,1-2H3,(H,22,27)(H,23,26)/t12-,15-,16-/m0/s1. The number of nitrogens with one attached hydrogen (secondary N) is 2. The molecule has 30 heavy (non-hydrogen) atoms. The molecule has 0 unspecified atom stereocenters. The van der Waals surface area contributed by atoms with Gasteiger partial charge in [-0.2, -0.15) is 0 Å². The van der Waals surface area contributed by atoms with Crippen molar-refractivity contribution in [1.82, 2.24) is 15.5 Å². The van der Waals surface area contributed by atoms with E-state index in [0.717, 1.165) is 0 Å². The number of esters is 1. The van der Waals surface area contributed by atoms with E-state index in [1.165, 1.54) is 24.1 Å². The number of carbonyl (C=O) groups is 4. The number of hydrogen-bond acceptors (Lipinski definition) is 7. The molecule has 0 spiro atoms. The van der Waals surface area contributed by atoms with Crippen molar-refractivity contribution in [2.24, 2.45) is 5.73 Å². The normalized spacial score (nSPS) is 17.7. The second-order valence-electron chi connectivity index (χ2n) is 7.21. The predicted octanol–water partition coefficient (Wildman–Crippen LogP) is -0.953. The molecule has 0 saturated carbocycles. The van der Waals surface area contributed by atoms with Crippen LogP contribution in [0.1, 0.15) is 25.3 Å². The first kappa shape index (κ1) is 23.1. The van der Waals surface area contributed by atoms with Gasteiger partial charge in [0.15, 0.2) is 0 Å². The minimum absolute atomic E-state index is 0.0867. The SMILES string of the molecule is COC(=O)[C@H](Cc1ccc(O)cc1)NC(=O)CNC(=O)[C@@H]1CCCN1C(=O)[C@H](C)N. The maximum Gasteiger partial charge on any atom is 0.328 e. The van der Waals surface area contributed by atoms with Crippen molar-refractivity contribution < 1.29 is 29.0 Å². The monoisotopic (exact) mass is 420 g/mol. The van der Waals surface area contributed by atoms with Gasteiger partial charge in [0.05, 0.1) is 19.7 Å². The lowest BCUT2D eigenvalue weighted by molar-refractivity contribution is -0.145. The van der Waals surface area contributed by atoms with Crippen molar-refractivity contribution in [2.75, 3.05) is 20.2 Å². The molecule has 2 rings (SSSR count). The lowest BCUT2D eigenvalue weighted by atomic mass is 10.1. The van der Waals surface area contributed by atoms with Gasteiger partial charge in [0.25, 0.3) is 0 Å². The van der Waals surface area contributed by atoms with E-state index >= 15 is 0 Å². The summed E-state index contributed by atoms with van der Waals surface area (Å²) < 4.78 is 4.73. The third-order valence-corrected chi connectivity index (χ3v) is 4.85. The number of rotatable bonds is 8. The number of nitrogens with zero attached hydrogens (tertiary/aromatic N) is 1. The molecule has 1 aromatic rings. The Kier molecular flexibility index (Phi) is 8.16. The fraction of sp³-hybridized carbons (Fsp3) is 0.500. The van der Waals surface area contributed by atoms with Gasteiger partial charge in [-0.25, -0.2) is 4.79 Å². The maximum atomic E-state index is 12.4. The molecule has 0 aliphatic carbocycles. The van der Waals surface area contributed by atoms with Crippen LogP contribution in [0, 0.1) is 0 Å². The highest BCUT2D eigenvalue weighted by Crippen LogP contribution is 2.18. The molecule has 10 nitrogen and oxygen atoms in total. The Morgan fingerprint density at radius 1 is 1.27 bits per heavy atom. The lowest BCUT2D eigenvalue weighted by Gasteiger charge is -2.25. The Labute approximate surface area is 174 Å². The predicted molar refractivity (Wildman–Crippen MR) is 107 cm³/mol. The Hall–Kier alpha value is -3.14. The maximum absolute atomic E-state index is 12.4. The van der Waals surface area contributed by atoms with Crippen LogP contribution in [0.3, 0.4) is 0 Å². The largest absolute Gasteiger partial charge is 0.508 e. The van der Waals surface area contributed by atoms with Gasteiger partial charge in [0, 0.05) is 13.0 Å². The molecule has 0 aromatic heterocycles. The van der Waals surface area contributed by atoms with E-state index in [1.54, 1.807) is 19.1 Å². The Morgan fingerprint density at radius 3 is 2.53 bits per heavy atom. The van der Waals surface area contributed by atoms with Crippen LogP contribution >= 0.6 is 0 Å². The molecule has 0 radical (unpaired) electrons. The minimum atomic E-state index is -0.952. The van der Waals surface area contributed by atoms with Crippen LogP contribution in [0.15, 0.2) is 24.3 Å². The second-order valence-corrected chi connectivity index (χ2v) is 7.21. The van der Waals surface area contributed by atoms with Gasteiger partial charge in [-0.15, -0.1) is 0 Å². The van der Waals surface area contributed by atoms with Crippen LogP contribution in [0.25, 0.3) is 0 Å². The van der Waals surface area contributed by atoms with E-state index < -0.39 is 35.9 Å². The number of nitrogens with two attached hydrogens (primary N) is 1. The van der Waals surface area contributed by atoms with Gasteiger partial charge >= 0.3 is 5.97 Å². The summed E-state index contributed by atoms with van der Waals surface area (Å²) in [6.45, 7) is 1.66. The first-order chi connectivity index (χ1) is 14.2. The summed E-state index contributed by atoms with van der Waals surface area (Å²) in [5.41, 5.74) is 6.34. The number of amides is 3. The Balaban J connectivity index is 1.91. The van der Waals surface area contributed by atoms with Crippen molar-refractivity contribution >= 4 is 23.7 Å². The zero-order valence-electron chi connectivity index (χ0n) is 17.1. The average molecular weight is 420 g/mol. The highest BCUT2D eigenvalue weighted by atomic mass is 16.5. The molecule has 0 bridgehead atoms. The fourth-order valence-corrected chi connectivity index (χ4v) is 3.30. The third-order valence-electron chi connectivity index (χ3n) is 4.85. The summed E-state index contributed by atoms with van der Waals surface area (Å²) in [7, 11) is 1.21. The minimum Gasteiger partial charge on any atom is -0.508 e. The number of phenolic OH excluding ortho intramolecular Hbond substituents is 1. The summed E-state index contributed by atoms with van der Waals surface area (Å²) in [6.07, 6.45) is 1.34. The fourth-order valence-electron chi connectivity index (χ4n) is 3.30. The topological polar surface area (TPSA) is 151 Å². The summed E-state index contributed by atoms with van der Waals surface area (Å²) in [6, 6.07) is 3.89. The van der Waals surface area contributed by atoms with Crippen LogP contribution < -0.4 is 16.4 Å². The molecule has 1 fully saturated rings. The molecule has 1 aromatic carbocycles.